The molecule has 1 saturated heterocycles. The zero-order valence-electron chi connectivity index (χ0n) is 16.1. The predicted molar refractivity (Wildman–Crippen MR) is 105 cm³/mol. The summed E-state index contributed by atoms with van der Waals surface area (Å²) in [6.45, 7) is 7.03. The van der Waals surface area contributed by atoms with Crippen molar-refractivity contribution in [1.29, 1.82) is 0 Å². The van der Waals surface area contributed by atoms with E-state index in [-0.39, 0.29) is 0 Å². The van der Waals surface area contributed by atoms with E-state index in [4.69, 9.17) is 4.52 Å². The van der Waals surface area contributed by atoms with Crippen LogP contribution in [0.25, 0.3) is 0 Å². The Morgan fingerprint density at radius 3 is 2.77 bits per heavy atom. The lowest BCUT2D eigenvalue weighted by Gasteiger charge is -2.21. The maximum Gasteiger partial charge on any atom is 0.194 e. The van der Waals surface area contributed by atoms with Crippen LogP contribution in [0.1, 0.15) is 62.0 Å². The van der Waals surface area contributed by atoms with E-state index < -0.39 is 0 Å². The summed E-state index contributed by atoms with van der Waals surface area (Å²) in [5, 5.41) is 7.67. The number of hydrogen-bond donors (Lipinski definition) is 1. The van der Waals surface area contributed by atoms with E-state index in [1.54, 1.807) is 0 Å². The Labute approximate surface area is 156 Å². The molecule has 2 heterocycles. The lowest BCUT2D eigenvalue weighted by Crippen LogP contribution is -2.39. The number of rotatable bonds is 6. The van der Waals surface area contributed by atoms with E-state index in [1.807, 2.05) is 7.05 Å². The van der Waals surface area contributed by atoms with Gasteiger partial charge in [0.2, 0.25) is 0 Å². The van der Waals surface area contributed by atoms with Gasteiger partial charge in [-0.3, -0.25) is 4.99 Å². The van der Waals surface area contributed by atoms with Gasteiger partial charge in [-0.2, -0.15) is 0 Å². The molecule has 0 bridgehead atoms. The highest BCUT2D eigenvalue weighted by molar-refractivity contribution is 5.80. The lowest BCUT2D eigenvalue weighted by molar-refractivity contribution is 0.365. The molecule has 1 aromatic heterocycles. The zero-order chi connectivity index (χ0) is 18.4. The molecule has 1 aliphatic rings. The van der Waals surface area contributed by atoms with Gasteiger partial charge in [-0.05, 0) is 24.8 Å². The second-order valence-corrected chi connectivity index (χ2v) is 6.97. The van der Waals surface area contributed by atoms with Crippen LogP contribution in [-0.2, 0) is 6.54 Å². The van der Waals surface area contributed by atoms with Crippen molar-refractivity contribution >= 4 is 5.96 Å². The minimum absolute atomic E-state index is 0.483. The Hall–Kier alpha value is -2.30. The molecule has 1 unspecified atom stereocenters. The highest BCUT2D eigenvalue weighted by Crippen LogP contribution is 2.27. The van der Waals surface area contributed by atoms with E-state index in [2.05, 4.69) is 70.6 Å². The standard InChI is InChI=1S/C21H30N4O/c1-4-16(5-2)20-13-19(26-24-20)14-23-21(22-3)25-12-11-18(15-25)17-9-7-6-8-10-17/h6-10,13,16,18H,4-5,11-12,14-15H2,1-3H3,(H,22,23). The van der Waals surface area contributed by atoms with Gasteiger partial charge in [0.15, 0.2) is 11.7 Å². The van der Waals surface area contributed by atoms with Crippen LogP contribution in [0.5, 0.6) is 0 Å². The summed E-state index contributed by atoms with van der Waals surface area (Å²) in [7, 11) is 1.84. The topological polar surface area (TPSA) is 53.7 Å². The molecule has 1 N–H and O–H groups in total. The van der Waals surface area contributed by atoms with Crippen LogP contribution in [0.15, 0.2) is 45.9 Å². The Morgan fingerprint density at radius 2 is 2.08 bits per heavy atom. The van der Waals surface area contributed by atoms with Crippen molar-refractivity contribution in [3.63, 3.8) is 0 Å². The number of hydrogen-bond acceptors (Lipinski definition) is 3. The predicted octanol–water partition coefficient (Wildman–Crippen LogP) is 4.14. The first kappa shape index (κ1) is 18.5. The zero-order valence-corrected chi connectivity index (χ0v) is 16.1. The molecule has 0 radical (unpaired) electrons. The number of nitrogens with one attached hydrogen (secondary N) is 1. The number of benzene rings is 1. The van der Waals surface area contributed by atoms with Gasteiger partial charge in [0.25, 0.3) is 0 Å². The van der Waals surface area contributed by atoms with E-state index >= 15 is 0 Å². The van der Waals surface area contributed by atoms with Crippen LogP contribution in [0.3, 0.4) is 0 Å². The summed E-state index contributed by atoms with van der Waals surface area (Å²) < 4.78 is 5.51. The van der Waals surface area contributed by atoms with Gasteiger partial charge in [0.05, 0.1) is 12.2 Å². The minimum atomic E-state index is 0.483. The third kappa shape index (κ3) is 4.26. The molecule has 2 aromatic rings. The third-order valence-electron chi connectivity index (χ3n) is 5.37. The minimum Gasteiger partial charge on any atom is -0.359 e. The van der Waals surface area contributed by atoms with Crippen molar-refractivity contribution in [2.75, 3.05) is 20.1 Å². The van der Waals surface area contributed by atoms with Crippen molar-refractivity contribution in [2.45, 2.75) is 51.5 Å². The molecule has 0 saturated carbocycles. The maximum atomic E-state index is 5.51. The van der Waals surface area contributed by atoms with Gasteiger partial charge >= 0.3 is 0 Å². The molecular formula is C21H30N4O. The Morgan fingerprint density at radius 1 is 1.31 bits per heavy atom. The number of guanidine groups is 1. The molecule has 0 aliphatic carbocycles. The summed E-state index contributed by atoms with van der Waals surface area (Å²) in [4.78, 5) is 6.79. The molecule has 1 aliphatic heterocycles. The molecule has 0 amide bonds. The van der Waals surface area contributed by atoms with Crippen molar-refractivity contribution in [3.8, 4) is 0 Å². The normalized spacial score (nSPS) is 17.9. The molecule has 5 heteroatoms. The molecule has 1 fully saturated rings. The van der Waals surface area contributed by atoms with E-state index in [1.165, 1.54) is 5.56 Å². The first-order valence-electron chi connectivity index (χ1n) is 9.71. The summed E-state index contributed by atoms with van der Waals surface area (Å²) >= 11 is 0. The molecular weight excluding hydrogens is 324 g/mol. The second kappa shape index (κ2) is 8.88. The second-order valence-electron chi connectivity index (χ2n) is 6.97. The smallest absolute Gasteiger partial charge is 0.194 e. The average Bonchev–Trinajstić information content (AvgIpc) is 3.35. The molecule has 1 aromatic carbocycles. The Kier molecular flexibility index (Phi) is 6.31. The van der Waals surface area contributed by atoms with Gasteiger partial charge in [0.1, 0.15) is 0 Å². The molecule has 3 rings (SSSR count). The highest BCUT2D eigenvalue weighted by Gasteiger charge is 2.26. The van der Waals surface area contributed by atoms with E-state index in [0.717, 1.165) is 49.8 Å². The van der Waals surface area contributed by atoms with Gasteiger partial charge in [0, 0.05) is 38.0 Å². The Bertz CT molecular complexity index is 706. The van der Waals surface area contributed by atoms with Crippen LogP contribution >= 0.6 is 0 Å². The SMILES string of the molecule is CCC(CC)c1cc(CNC(=NC)N2CCC(c3ccccc3)C2)on1. The van der Waals surface area contributed by atoms with Gasteiger partial charge in [-0.25, -0.2) is 0 Å². The third-order valence-corrected chi connectivity index (χ3v) is 5.37. The van der Waals surface area contributed by atoms with E-state index in [9.17, 15) is 0 Å². The summed E-state index contributed by atoms with van der Waals surface area (Å²) in [5.74, 6) is 2.86. The first-order chi connectivity index (χ1) is 12.7. The van der Waals surface area contributed by atoms with Crippen LogP contribution in [0, 0.1) is 0 Å². The molecule has 140 valence electrons. The maximum absolute atomic E-state index is 5.51. The largest absolute Gasteiger partial charge is 0.359 e. The first-order valence-corrected chi connectivity index (χ1v) is 9.71. The van der Waals surface area contributed by atoms with Crippen molar-refractivity contribution < 1.29 is 4.52 Å². The number of aliphatic imine (C=N–C) groups is 1. The molecule has 0 spiro atoms. The highest BCUT2D eigenvalue weighted by atomic mass is 16.5. The van der Waals surface area contributed by atoms with Gasteiger partial charge in [-0.15, -0.1) is 0 Å². The fourth-order valence-corrected chi connectivity index (χ4v) is 3.76. The summed E-state index contributed by atoms with van der Waals surface area (Å²) in [6.07, 6.45) is 3.34. The van der Waals surface area contributed by atoms with Gasteiger partial charge < -0.3 is 14.7 Å². The van der Waals surface area contributed by atoms with Gasteiger partial charge in [-0.1, -0.05) is 49.3 Å². The van der Waals surface area contributed by atoms with Crippen molar-refractivity contribution in [1.82, 2.24) is 15.4 Å². The van der Waals surface area contributed by atoms with Crippen LogP contribution in [0.4, 0.5) is 0 Å². The lowest BCUT2D eigenvalue weighted by atomic mass is 9.99. The number of likely N-dealkylation sites (tertiary alicyclic amines) is 1. The molecule has 5 nitrogen and oxygen atoms in total. The Balaban J connectivity index is 1.56. The van der Waals surface area contributed by atoms with Crippen LogP contribution in [0.2, 0.25) is 0 Å². The summed E-state index contributed by atoms with van der Waals surface area (Å²) in [5.41, 5.74) is 2.47. The van der Waals surface area contributed by atoms with Crippen LogP contribution < -0.4 is 5.32 Å². The fraction of sp³-hybridized carbons (Fsp3) is 0.524. The number of aromatic nitrogens is 1. The van der Waals surface area contributed by atoms with Crippen molar-refractivity contribution in [3.05, 3.63) is 53.4 Å². The molecule has 1 atom stereocenters. The number of nitrogens with zero attached hydrogens (tertiary/aromatic N) is 3. The monoisotopic (exact) mass is 354 g/mol. The average molecular weight is 354 g/mol. The summed E-state index contributed by atoms with van der Waals surface area (Å²) in [6, 6.07) is 12.8. The van der Waals surface area contributed by atoms with Crippen LogP contribution in [-0.4, -0.2) is 36.2 Å². The fourth-order valence-electron chi connectivity index (χ4n) is 3.76. The molecule has 26 heavy (non-hydrogen) atoms. The quantitative estimate of drug-likeness (QED) is 0.626. The van der Waals surface area contributed by atoms with E-state index in [0.29, 0.717) is 18.4 Å². The van der Waals surface area contributed by atoms with Crippen molar-refractivity contribution in [2.24, 2.45) is 4.99 Å².